The van der Waals surface area contributed by atoms with E-state index in [-0.39, 0.29) is 0 Å². The van der Waals surface area contributed by atoms with Crippen LogP contribution in [0.15, 0.2) is 39.8 Å². The quantitative estimate of drug-likeness (QED) is 0.751. The van der Waals surface area contributed by atoms with Crippen molar-refractivity contribution in [1.82, 2.24) is 0 Å². The van der Waals surface area contributed by atoms with Gasteiger partial charge >= 0.3 is 110 Å². The Morgan fingerprint density at radius 1 is 1.12 bits per heavy atom. The molecule has 0 fully saturated rings. The van der Waals surface area contributed by atoms with Crippen LogP contribution in [0.5, 0.6) is 5.75 Å². The number of benzene rings is 1. The van der Waals surface area contributed by atoms with E-state index in [4.69, 9.17) is 3.32 Å². The predicted molar refractivity (Wildman–Crippen MR) is 70.1 cm³/mol. The number of hydrogen-bond acceptors (Lipinski definition) is 1. The predicted octanol–water partition coefficient (Wildman–Crippen LogP) is 3.88. The molecule has 0 heterocycles. The van der Waals surface area contributed by atoms with Gasteiger partial charge in [0.2, 0.25) is 0 Å². The molecule has 0 atom stereocenters. The van der Waals surface area contributed by atoms with Crippen LogP contribution in [-0.2, 0) is 17.8 Å². The molecule has 0 aliphatic heterocycles. The van der Waals surface area contributed by atoms with E-state index in [1.54, 1.807) is 0 Å². The summed E-state index contributed by atoms with van der Waals surface area (Å²) in [5.74, 6) is 0.986. The van der Waals surface area contributed by atoms with E-state index in [0.29, 0.717) is 0 Å². The zero-order valence-corrected chi connectivity index (χ0v) is 12.3. The van der Waals surface area contributed by atoms with Gasteiger partial charge in [-0.3, -0.25) is 0 Å². The topological polar surface area (TPSA) is 9.23 Å². The second-order valence-electron chi connectivity index (χ2n) is 4.62. The summed E-state index contributed by atoms with van der Waals surface area (Å²) < 4.78 is 7.54. The Morgan fingerprint density at radius 3 is 2.29 bits per heavy atom. The van der Waals surface area contributed by atoms with Crippen molar-refractivity contribution in [2.45, 2.75) is 27.2 Å². The van der Waals surface area contributed by atoms with E-state index in [0.717, 1.165) is 12.2 Å². The molecule has 0 saturated carbocycles. The second-order valence-corrected chi connectivity index (χ2v) is 7.20. The monoisotopic (exact) mass is 262 g/mol. The Kier molecular flexibility index (Phi) is 3.80. The standard InChI is InChI=1S/C8H10O.C6H7.CH2.Ti/c1-6-3-7(2)5-8(9)4-6;1-6-4-2-3-5-6;;/h3-5,9H,1-2H3;2,4H,3H2,1H3;1H2;/q;;;+1/p-1. The first kappa shape index (κ1) is 12.5. The zero-order valence-electron chi connectivity index (χ0n) is 10.7. The molecule has 0 N–H and O–H groups in total. The van der Waals surface area contributed by atoms with E-state index >= 15 is 0 Å². The molecule has 0 unspecified atom stereocenters. The van der Waals surface area contributed by atoms with Gasteiger partial charge < -0.3 is 0 Å². The molecule has 0 bridgehead atoms. The van der Waals surface area contributed by atoms with Crippen LogP contribution in [0.25, 0.3) is 0 Å². The average Bonchev–Trinajstić information content (AvgIpc) is 2.62. The van der Waals surface area contributed by atoms with Gasteiger partial charge in [-0.1, -0.05) is 0 Å². The Labute approximate surface area is 110 Å². The van der Waals surface area contributed by atoms with Crippen molar-refractivity contribution in [1.29, 1.82) is 0 Å². The first-order valence-corrected chi connectivity index (χ1v) is 8.40. The number of rotatable bonds is 3. The Hall–Kier alpha value is -0.916. The number of allylic oxidation sites excluding steroid dienone is 4. The van der Waals surface area contributed by atoms with Crippen LogP contribution >= 0.6 is 0 Å². The fourth-order valence-corrected chi connectivity index (χ4v) is 4.32. The van der Waals surface area contributed by atoms with Crippen molar-refractivity contribution in [2.75, 3.05) is 0 Å². The molecule has 88 valence electrons. The van der Waals surface area contributed by atoms with Crippen molar-refractivity contribution in [3.8, 4) is 5.75 Å². The molecule has 1 aromatic rings. The van der Waals surface area contributed by atoms with Crippen LogP contribution in [0, 0.1) is 13.8 Å². The molecule has 0 saturated heterocycles. The maximum absolute atomic E-state index is 6.09. The third kappa shape index (κ3) is 3.05. The van der Waals surface area contributed by atoms with Crippen LogP contribution in [0.2, 0.25) is 0 Å². The molecular formula is C15H18OTi. The number of hydrogen-bond donors (Lipinski definition) is 0. The number of aryl methyl sites for hydroxylation is 2. The molecule has 17 heavy (non-hydrogen) atoms. The third-order valence-electron chi connectivity index (χ3n) is 2.94. The summed E-state index contributed by atoms with van der Waals surface area (Å²) >= 11 is -1.80. The molecule has 0 radical (unpaired) electrons. The van der Waals surface area contributed by atoms with Crippen molar-refractivity contribution in [3.63, 3.8) is 0 Å². The van der Waals surface area contributed by atoms with Gasteiger partial charge in [0.1, 0.15) is 0 Å². The third-order valence-corrected chi connectivity index (χ3v) is 5.68. The van der Waals surface area contributed by atoms with Gasteiger partial charge in [-0.05, 0) is 0 Å². The zero-order chi connectivity index (χ0) is 12.4. The second kappa shape index (κ2) is 5.16. The minimum absolute atomic E-state index is 0.986. The minimum atomic E-state index is -1.80. The van der Waals surface area contributed by atoms with Crippen molar-refractivity contribution >= 4 is 4.82 Å². The van der Waals surface area contributed by atoms with E-state index in [1.807, 2.05) is 0 Å². The molecule has 1 aliphatic rings. The van der Waals surface area contributed by atoms with Gasteiger partial charge in [0.15, 0.2) is 0 Å². The first-order chi connectivity index (χ1) is 8.06. The van der Waals surface area contributed by atoms with Crippen LogP contribution < -0.4 is 3.32 Å². The van der Waals surface area contributed by atoms with E-state index in [9.17, 15) is 0 Å². The van der Waals surface area contributed by atoms with Gasteiger partial charge in [-0.2, -0.15) is 0 Å². The average molecular weight is 262 g/mol. The molecular weight excluding hydrogens is 244 g/mol. The molecule has 1 nitrogen and oxygen atoms in total. The molecule has 2 rings (SSSR count). The summed E-state index contributed by atoms with van der Waals surface area (Å²) in [4.78, 5) is 4.27. The van der Waals surface area contributed by atoms with Crippen LogP contribution in [0.3, 0.4) is 0 Å². The van der Waals surface area contributed by atoms with Gasteiger partial charge in [0.25, 0.3) is 0 Å². The molecule has 0 spiro atoms. The fraction of sp³-hybridized carbons (Fsp3) is 0.267. The Bertz CT molecular complexity index is 503. The summed E-state index contributed by atoms with van der Waals surface area (Å²) in [5, 5.41) is 0. The molecule has 2 heteroatoms. The van der Waals surface area contributed by atoms with Gasteiger partial charge in [-0.25, -0.2) is 0 Å². The van der Waals surface area contributed by atoms with Gasteiger partial charge in [0.05, 0.1) is 0 Å². The van der Waals surface area contributed by atoms with Gasteiger partial charge in [-0.15, -0.1) is 0 Å². The summed E-state index contributed by atoms with van der Waals surface area (Å²) in [5.41, 5.74) is 3.86. The fourth-order valence-electron chi connectivity index (χ4n) is 2.14. The SMILES string of the molecule is [CH2]=[Ti]([O]c1cc(C)cc(C)c1)[C]1=C(C)C=CC1. The summed E-state index contributed by atoms with van der Waals surface area (Å²) in [6.07, 6.45) is 5.42. The van der Waals surface area contributed by atoms with E-state index in [1.165, 1.54) is 20.6 Å². The molecule has 1 aromatic carbocycles. The van der Waals surface area contributed by atoms with Crippen molar-refractivity contribution in [3.05, 3.63) is 50.9 Å². The normalized spacial score (nSPS) is 14.3. The molecule has 0 aromatic heterocycles. The van der Waals surface area contributed by atoms with E-state index in [2.05, 4.69) is 55.9 Å². The van der Waals surface area contributed by atoms with Crippen LogP contribution in [0.1, 0.15) is 24.5 Å². The Balaban J connectivity index is 2.16. The summed E-state index contributed by atoms with van der Waals surface area (Å²) in [7, 11) is 0. The van der Waals surface area contributed by atoms with Crippen molar-refractivity contribution in [2.24, 2.45) is 0 Å². The van der Waals surface area contributed by atoms with Crippen LogP contribution in [0.4, 0.5) is 0 Å². The first-order valence-electron chi connectivity index (χ1n) is 5.88. The maximum atomic E-state index is 6.09. The molecule has 0 amide bonds. The van der Waals surface area contributed by atoms with Gasteiger partial charge in [0, 0.05) is 0 Å². The van der Waals surface area contributed by atoms with E-state index < -0.39 is 17.8 Å². The summed E-state index contributed by atoms with van der Waals surface area (Å²) in [6, 6.07) is 6.37. The molecule has 1 aliphatic carbocycles. The van der Waals surface area contributed by atoms with Crippen molar-refractivity contribution < 1.29 is 21.1 Å². The summed E-state index contributed by atoms with van der Waals surface area (Å²) in [6.45, 7) is 6.36. The Morgan fingerprint density at radius 2 is 1.76 bits per heavy atom. The van der Waals surface area contributed by atoms with Crippen LogP contribution in [-0.4, -0.2) is 4.82 Å².